The van der Waals surface area contributed by atoms with Gasteiger partial charge in [-0.25, -0.2) is 0 Å². The van der Waals surface area contributed by atoms with Gasteiger partial charge in [-0.05, 0) is 87.5 Å². The average Bonchev–Trinajstić information content (AvgIpc) is 2.81. The van der Waals surface area contributed by atoms with Crippen LogP contribution in [0.5, 0.6) is 0 Å². The van der Waals surface area contributed by atoms with Crippen molar-refractivity contribution in [1.82, 2.24) is 0 Å². The van der Waals surface area contributed by atoms with Crippen molar-refractivity contribution in [3.8, 4) is 0 Å². The van der Waals surface area contributed by atoms with Crippen molar-refractivity contribution in [2.75, 3.05) is 14.1 Å². The zero-order valence-corrected chi connectivity index (χ0v) is 24.6. The predicted molar refractivity (Wildman–Crippen MR) is 155 cm³/mol. The summed E-state index contributed by atoms with van der Waals surface area (Å²) >= 11 is 0. The van der Waals surface area contributed by atoms with Gasteiger partial charge in [0.2, 0.25) is 0 Å². The smallest absolute Gasteiger partial charge is 0.0906 e. The number of hydrogen-bond donors (Lipinski definition) is 0. The summed E-state index contributed by atoms with van der Waals surface area (Å²) in [5.41, 5.74) is 12.6. The van der Waals surface area contributed by atoms with E-state index in [2.05, 4.69) is 107 Å². The largest absolute Gasteiger partial charge is 0.286 e. The van der Waals surface area contributed by atoms with Crippen LogP contribution in [0, 0.1) is 10.8 Å². The van der Waals surface area contributed by atoms with Crippen LogP contribution in [0.4, 0.5) is 0 Å². The van der Waals surface area contributed by atoms with Crippen molar-refractivity contribution in [2.24, 2.45) is 20.8 Å². The van der Waals surface area contributed by atoms with Crippen molar-refractivity contribution in [3.05, 3.63) is 68.9 Å². The summed E-state index contributed by atoms with van der Waals surface area (Å²) in [6.45, 7) is 27.0. The zero-order valence-electron chi connectivity index (χ0n) is 24.6. The lowest BCUT2D eigenvalue weighted by atomic mass is 9.78. The van der Waals surface area contributed by atoms with Crippen LogP contribution in [0.3, 0.4) is 0 Å². The van der Waals surface area contributed by atoms with Gasteiger partial charge in [-0.2, -0.15) is 0 Å². The Kier molecular flexibility index (Phi) is 10.5. The van der Waals surface area contributed by atoms with Crippen molar-refractivity contribution in [2.45, 2.75) is 95.9 Å². The van der Waals surface area contributed by atoms with Crippen LogP contribution in [0.1, 0.15) is 95.9 Å². The molecule has 0 aromatic heterocycles. The SMILES string of the molecule is CCC(C)(C)/C(C)=C/C=C(\C)C1=C(C)C(C)=C(/C(C)=C/C=C(\C)C(C)(C)CC)C(=N/C)/C1=N\C. The van der Waals surface area contributed by atoms with Gasteiger partial charge in [0.15, 0.2) is 0 Å². The van der Waals surface area contributed by atoms with E-state index in [0.717, 1.165) is 24.3 Å². The molecule has 1 aliphatic rings. The Labute approximate surface area is 211 Å². The molecule has 0 amide bonds. The van der Waals surface area contributed by atoms with E-state index in [-0.39, 0.29) is 10.8 Å². The molecule has 34 heavy (non-hydrogen) atoms. The van der Waals surface area contributed by atoms with E-state index >= 15 is 0 Å². The van der Waals surface area contributed by atoms with E-state index in [1.807, 2.05) is 14.1 Å². The Balaban J connectivity index is 3.71. The lowest BCUT2D eigenvalue weighted by Gasteiger charge is -2.28. The van der Waals surface area contributed by atoms with E-state index in [1.165, 1.54) is 44.6 Å². The van der Waals surface area contributed by atoms with Gasteiger partial charge in [0.25, 0.3) is 0 Å². The van der Waals surface area contributed by atoms with E-state index in [4.69, 9.17) is 9.98 Å². The lowest BCUT2D eigenvalue weighted by molar-refractivity contribution is 0.429. The molecule has 188 valence electrons. The minimum absolute atomic E-state index is 0.202. The minimum Gasteiger partial charge on any atom is -0.286 e. The van der Waals surface area contributed by atoms with Gasteiger partial charge in [-0.15, -0.1) is 0 Å². The summed E-state index contributed by atoms with van der Waals surface area (Å²) in [4.78, 5) is 9.50. The van der Waals surface area contributed by atoms with E-state index in [1.54, 1.807) is 0 Å². The summed E-state index contributed by atoms with van der Waals surface area (Å²) < 4.78 is 0. The van der Waals surface area contributed by atoms with E-state index < -0.39 is 0 Å². The molecule has 1 rings (SSSR count). The van der Waals surface area contributed by atoms with Gasteiger partial charge >= 0.3 is 0 Å². The monoisotopic (exact) mass is 462 g/mol. The Bertz CT molecular complexity index is 941. The molecule has 0 atom stereocenters. The van der Waals surface area contributed by atoms with Gasteiger partial charge in [-0.1, -0.05) is 77.0 Å². The maximum Gasteiger partial charge on any atom is 0.0906 e. The molecule has 1 aliphatic carbocycles. The van der Waals surface area contributed by atoms with Crippen LogP contribution in [0.2, 0.25) is 0 Å². The second-order valence-electron chi connectivity index (χ2n) is 11.0. The molecule has 0 radical (unpaired) electrons. The quantitative estimate of drug-likeness (QED) is 0.253. The van der Waals surface area contributed by atoms with E-state index in [9.17, 15) is 0 Å². The van der Waals surface area contributed by atoms with Crippen molar-refractivity contribution in [1.29, 1.82) is 0 Å². The molecule has 0 unspecified atom stereocenters. The fourth-order valence-electron chi connectivity index (χ4n) is 4.04. The molecule has 0 bridgehead atoms. The molecule has 2 nitrogen and oxygen atoms in total. The summed E-state index contributed by atoms with van der Waals surface area (Å²) in [7, 11) is 3.76. The van der Waals surface area contributed by atoms with Crippen molar-refractivity contribution >= 4 is 11.4 Å². The fourth-order valence-corrected chi connectivity index (χ4v) is 4.04. The zero-order chi connectivity index (χ0) is 26.4. The molecule has 0 fully saturated rings. The molecule has 2 heteroatoms. The molecule has 0 saturated heterocycles. The van der Waals surface area contributed by atoms with Crippen LogP contribution in [-0.2, 0) is 0 Å². The highest BCUT2D eigenvalue weighted by Crippen LogP contribution is 2.36. The third kappa shape index (κ3) is 6.46. The normalized spacial score (nSPS) is 20.3. The first-order chi connectivity index (χ1) is 15.7. The van der Waals surface area contributed by atoms with Crippen molar-refractivity contribution < 1.29 is 0 Å². The molecule has 0 aromatic carbocycles. The third-order valence-electron chi connectivity index (χ3n) is 8.32. The standard InChI is InChI=1S/C32H50N2/c1-15-31(9,10)23(5)19-17-21(3)27-25(7)26(8)28(30(34-14)29(27)33-13)22(4)18-20-24(6)32(11,12)16-2/h17-20H,15-16H2,1-14H3/b21-17+,22-18+,23-19+,24-20+,33-29-,34-30-. The van der Waals surface area contributed by atoms with Crippen LogP contribution >= 0.6 is 0 Å². The first-order valence-electron chi connectivity index (χ1n) is 12.8. The minimum atomic E-state index is 0.202. The molecule has 0 aliphatic heterocycles. The number of aliphatic imine (C=N–C) groups is 2. The summed E-state index contributed by atoms with van der Waals surface area (Å²) in [5.74, 6) is 0. The molecule has 0 N–H and O–H groups in total. The first kappa shape index (κ1) is 29.8. The van der Waals surface area contributed by atoms with Crippen LogP contribution < -0.4 is 0 Å². The Morgan fingerprint density at radius 1 is 0.618 bits per heavy atom. The highest BCUT2D eigenvalue weighted by molar-refractivity contribution is 6.56. The number of hydrogen-bond acceptors (Lipinski definition) is 2. The summed E-state index contributed by atoms with van der Waals surface area (Å²) in [6.07, 6.45) is 11.3. The van der Waals surface area contributed by atoms with Gasteiger partial charge in [-0.3, -0.25) is 9.98 Å². The molecule has 0 spiro atoms. The molecular formula is C32H50N2. The molecular weight excluding hydrogens is 412 g/mol. The highest BCUT2D eigenvalue weighted by Gasteiger charge is 2.28. The average molecular weight is 463 g/mol. The number of allylic oxidation sites excluding steroid dienone is 12. The number of nitrogens with zero attached hydrogens (tertiary/aromatic N) is 2. The second-order valence-corrected chi connectivity index (χ2v) is 11.0. The highest BCUT2D eigenvalue weighted by atomic mass is 14.8. The van der Waals surface area contributed by atoms with Crippen LogP contribution in [0.25, 0.3) is 0 Å². The van der Waals surface area contributed by atoms with E-state index in [0.29, 0.717) is 0 Å². The number of rotatable bonds is 8. The Morgan fingerprint density at radius 2 is 0.912 bits per heavy atom. The topological polar surface area (TPSA) is 24.7 Å². The van der Waals surface area contributed by atoms with Gasteiger partial charge < -0.3 is 0 Å². The third-order valence-corrected chi connectivity index (χ3v) is 8.32. The molecule has 0 heterocycles. The second kappa shape index (κ2) is 12.0. The predicted octanol–water partition coefficient (Wildman–Crippen LogP) is 9.43. The Morgan fingerprint density at radius 3 is 1.15 bits per heavy atom. The van der Waals surface area contributed by atoms with Crippen molar-refractivity contribution in [3.63, 3.8) is 0 Å². The molecule has 0 saturated carbocycles. The fraction of sp³-hybridized carbons (Fsp3) is 0.562. The van der Waals surface area contributed by atoms with Gasteiger partial charge in [0.1, 0.15) is 0 Å². The van der Waals surface area contributed by atoms with Crippen LogP contribution in [0.15, 0.2) is 78.9 Å². The van der Waals surface area contributed by atoms with Gasteiger partial charge in [0.05, 0.1) is 11.4 Å². The maximum atomic E-state index is 4.75. The summed E-state index contributed by atoms with van der Waals surface area (Å²) in [5, 5.41) is 0. The first-order valence-corrected chi connectivity index (χ1v) is 12.8. The molecule has 0 aromatic rings. The lowest BCUT2D eigenvalue weighted by Crippen LogP contribution is -2.27. The maximum absolute atomic E-state index is 4.75. The summed E-state index contributed by atoms with van der Waals surface area (Å²) in [6, 6.07) is 0. The van der Waals surface area contributed by atoms with Gasteiger partial charge in [0, 0.05) is 25.2 Å². The van der Waals surface area contributed by atoms with Crippen LogP contribution in [-0.4, -0.2) is 25.5 Å². The Hall–Kier alpha value is -2.22.